The molecule has 19 heavy (non-hydrogen) atoms. The summed E-state index contributed by atoms with van der Waals surface area (Å²) in [5.74, 6) is -1.17. The van der Waals surface area contributed by atoms with Gasteiger partial charge in [-0.3, -0.25) is 9.59 Å². The Hall–Kier alpha value is -1.76. The maximum atomic E-state index is 12.3. The highest BCUT2D eigenvalue weighted by molar-refractivity contribution is 8.00. The minimum Gasteiger partial charge on any atom is -0.480 e. The highest BCUT2D eigenvalue weighted by Crippen LogP contribution is 2.30. The molecular formula is C12H14N2O4S. The molecule has 6 nitrogen and oxygen atoms in total. The maximum absolute atomic E-state index is 12.3. The van der Waals surface area contributed by atoms with Gasteiger partial charge < -0.3 is 15.0 Å². The van der Waals surface area contributed by atoms with Crippen LogP contribution in [0.3, 0.4) is 0 Å². The Bertz CT molecular complexity index is 540. The predicted octanol–water partition coefficient (Wildman–Crippen LogP) is 1.21. The van der Waals surface area contributed by atoms with E-state index in [0.717, 1.165) is 0 Å². The largest absolute Gasteiger partial charge is 0.480 e. The van der Waals surface area contributed by atoms with Gasteiger partial charge in [0.05, 0.1) is 5.37 Å². The van der Waals surface area contributed by atoms with Crippen molar-refractivity contribution in [2.75, 3.05) is 5.75 Å². The molecule has 1 aliphatic heterocycles. The smallest absolute Gasteiger partial charge is 0.327 e. The molecule has 0 aromatic carbocycles. The van der Waals surface area contributed by atoms with Crippen LogP contribution in [0.2, 0.25) is 0 Å². The molecule has 1 aliphatic rings. The maximum Gasteiger partial charge on any atom is 0.327 e. The summed E-state index contributed by atoms with van der Waals surface area (Å²) >= 11 is 1.42. The fourth-order valence-electron chi connectivity index (χ4n) is 2.00. The fourth-order valence-corrected chi connectivity index (χ4v) is 3.17. The third-order valence-electron chi connectivity index (χ3n) is 3.06. The Labute approximate surface area is 114 Å². The number of aromatic amines is 1. The summed E-state index contributed by atoms with van der Waals surface area (Å²) in [5.41, 5.74) is 0.653. The number of amides is 1. The molecule has 0 aliphatic carbocycles. The summed E-state index contributed by atoms with van der Waals surface area (Å²) in [6.07, 6.45) is 1.46. The number of rotatable bonds is 3. The molecular weight excluding hydrogens is 268 g/mol. The van der Waals surface area contributed by atoms with Crippen LogP contribution >= 0.6 is 11.8 Å². The molecule has 7 heteroatoms. The minimum atomic E-state index is -1.01. The molecule has 0 radical (unpaired) electrons. The van der Waals surface area contributed by atoms with E-state index in [1.165, 1.54) is 35.8 Å². The van der Waals surface area contributed by atoms with Gasteiger partial charge in [0, 0.05) is 17.5 Å². The molecule has 2 unspecified atom stereocenters. The number of Topliss-reactive ketones (excluding diaryl/α,β-unsaturated/α-hetero) is 1. The van der Waals surface area contributed by atoms with Crippen molar-refractivity contribution in [2.24, 2.45) is 0 Å². The summed E-state index contributed by atoms with van der Waals surface area (Å²) in [6.45, 7) is 3.20. The highest BCUT2D eigenvalue weighted by Gasteiger charge is 2.40. The molecule has 0 bridgehead atoms. The third-order valence-corrected chi connectivity index (χ3v) is 4.28. The number of nitrogens with one attached hydrogen (secondary N) is 1. The highest BCUT2D eigenvalue weighted by atomic mass is 32.2. The second-order valence-corrected chi connectivity index (χ2v) is 5.71. The lowest BCUT2D eigenvalue weighted by Gasteiger charge is -2.24. The lowest BCUT2D eigenvalue weighted by atomic mass is 10.2. The molecule has 0 saturated carbocycles. The molecule has 0 spiro atoms. The lowest BCUT2D eigenvalue weighted by molar-refractivity contribution is -0.141. The van der Waals surface area contributed by atoms with E-state index in [2.05, 4.69) is 4.98 Å². The quantitative estimate of drug-likeness (QED) is 0.813. The zero-order valence-electron chi connectivity index (χ0n) is 10.5. The number of carbonyl (C=O) groups excluding carboxylic acids is 2. The van der Waals surface area contributed by atoms with Crippen LogP contribution in [0, 0.1) is 0 Å². The van der Waals surface area contributed by atoms with E-state index in [-0.39, 0.29) is 16.9 Å². The summed E-state index contributed by atoms with van der Waals surface area (Å²) in [6, 6.07) is 0.635. The van der Waals surface area contributed by atoms with Gasteiger partial charge in [-0.1, -0.05) is 0 Å². The standard InChI is InChI=1S/C12H14N2O4S/c1-6(15)8-3-9(13-4-8)11(16)14-7(2)19-5-10(14)12(17)18/h3-4,7,10,13H,5H2,1-2H3,(H,17,18). The molecule has 1 saturated heterocycles. The number of hydrogen-bond acceptors (Lipinski definition) is 4. The summed E-state index contributed by atoms with van der Waals surface area (Å²) in [4.78, 5) is 38.7. The number of aromatic nitrogens is 1. The van der Waals surface area contributed by atoms with E-state index in [4.69, 9.17) is 5.11 Å². The summed E-state index contributed by atoms with van der Waals surface area (Å²) in [5, 5.41) is 8.92. The first-order valence-corrected chi connectivity index (χ1v) is 6.83. The van der Waals surface area contributed by atoms with Crippen molar-refractivity contribution in [1.82, 2.24) is 9.88 Å². The van der Waals surface area contributed by atoms with Gasteiger partial charge in [0.1, 0.15) is 11.7 Å². The van der Waals surface area contributed by atoms with Crippen LogP contribution in [0.25, 0.3) is 0 Å². The normalized spacial score (nSPS) is 22.5. The van der Waals surface area contributed by atoms with Gasteiger partial charge in [0.2, 0.25) is 0 Å². The van der Waals surface area contributed by atoms with E-state index >= 15 is 0 Å². The number of hydrogen-bond donors (Lipinski definition) is 2. The number of nitrogens with zero attached hydrogens (tertiary/aromatic N) is 1. The average Bonchev–Trinajstić information content (AvgIpc) is 2.94. The van der Waals surface area contributed by atoms with Crippen LogP contribution < -0.4 is 0 Å². The van der Waals surface area contributed by atoms with Crippen molar-refractivity contribution in [3.05, 3.63) is 23.5 Å². The first kappa shape index (κ1) is 13.7. The molecule has 2 rings (SSSR count). The Balaban J connectivity index is 2.26. The van der Waals surface area contributed by atoms with Gasteiger partial charge in [0.25, 0.3) is 5.91 Å². The van der Waals surface area contributed by atoms with Crippen LogP contribution in [0.15, 0.2) is 12.3 Å². The number of carboxylic acid groups (broad SMARTS) is 1. The number of H-pyrrole nitrogens is 1. The van der Waals surface area contributed by atoms with Crippen molar-refractivity contribution in [3.63, 3.8) is 0 Å². The van der Waals surface area contributed by atoms with Crippen molar-refractivity contribution < 1.29 is 19.5 Å². The summed E-state index contributed by atoms with van der Waals surface area (Å²) < 4.78 is 0. The van der Waals surface area contributed by atoms with E-state index in [1.54, 1.807) is 6.92 Å². The van der Waals surface area contributed by atoms with Crippen molar-refractivity contribution >= 4 is 29.4 Å². The van der Waals surface area contributed by atoms with Crippen molar-refractivity contribution in [1.29, 1.82) is 0 Å². The van der Waals surface area contributed by atoms with E-state index in [0.29, 0.717) is 11.3 Å². The number of thioether (sulfide) groups is 1. The second kappa shape index (κ2) is 5.08. The monoisotopic (exact) mass is 282 g/mol. The Kier molecular flexibility index (Phi) is 3.66. The molecule has 1 amide bonds. The first-order chi connectivity index (χ1) is 8.91. The van der Waals surface area contributed by atoms with E-state index in [1.807, 2.05) is 0 Å². The number of carboxylic acids is 1. The number of carbonyl (C=O) groups is 3. The van der Waals surface area contributed by atoms with E-state index in [9.17, 15) is 14.4 Å². The van der Waals surface area contributed by atoms with Crippen LogP contribution in [0.5, 0.6) is 0 Å². The molecule has 1 aromatic heterocycles. The van der Waals surface area contributed by atoms with Gasteiger partial charge in [-0.25, -0.2) is 4.79 Å². The lowest BCUT2D eigenvalue weighted by Crippen LogP contribution is -2.44. The number of ketones is 1. The van der Waals surface area contributed by atoms with Crippen LogP contribution in [-0.2, 0) is 4.79 Å². The van der Waals surface area contributed by atoms with Gasteiger partial charge >= 0.3 is 5.97 Å². The van der Waals surface area contributed by atoms with Crippen LogP contribution in [0.4, 0.5) is 0 Å². The molecule has 2 heterocycles. The second-order valence-electron chi connectivity index (χ2n) is 4.36. The fraction of sp³-hybridized carbons (Fsp3) is 0.417. The Morgan fingerprint density at radius 1 is 1.47 bits per heavy atom. The minimum absolute atomic E-state index is 0.145. The van der Waals surface area contributed by atoms with Gasteiger partial charge in [0.15, 0.2) is 5.78 Å². The van der Waals surface area contributed by atoms with Gasteiger partial charge in [-0.2, -0.15) is 0 Å². The Morgan fingerprint density at radius 2 is 2.16 bits per heavy atom. The van der Waals surface area contributed by atoms with Gasteiger partial charge in [-0.05, 0) is 19.9 Å². The third kappa shape index (κ3) is 2.51. The Morgan fingerprint density at radius 3 is 2.68 bits per heavy atom. The molecule has 102 valence electrons. The van der Waals surface area contributed by atoms with Gasteiger partial charge in [-0.15, -0.1) is 11.8 Å². The SMILES string of the molecule is CC(=O)c1c[nH]c(C(=O)N2C(C)SCC2C(=O)O)c1. The van der Waals surface area contributed by atoms with Crippen molar-refractivity contribution in [2.45, 2.75) is 25.3 Å². The zero-order valence-corrected chi connectivity index (χ0v) is 11.4. The summed E-state index contributed by atoms with van der Waals surface area (Å²) in [7, 11) is 0. The molecule has 2 N–H and O–H groups in total. The predicted molar refractivity (Wildman–Crippen MR) is 70.3 cm³/mol. The number of aliphatic carboxylic acids is 1. The first-order valence-electron chi connectivity index (χ1n) is 5.78. The van der Waals surface area contributed by atoms with Crippen LogP contribution in [0.1, 0.15) is 34.7 Å². The average molecular weight is 282 g/mol. The zero-order chi connectivity index (χ0) is 14.2. The molecule has 1 fully saturated rings. The van der Waals surface area contributed by atoms with E-state index < -0.39 is 17.9 Å². The molecule has 2 atom stereocenters. The topological polar surface area (TPSA) is 90.5 Å². The van der Waals surface area contributed by atoms with Crippen LogP contribution in [-0.4, -0.2) is 49.8 Å². The molecule has 1 aromatic rings. The van der Waals surface area contributed by atoms with Crippen molar-refractivity contribution in [3.8, 4) is 0 Å².